The van der Waals surface area contributed by atoms with Crippen LogP contribution in [0.2, 0.25) is 0 Å². The molecule has 0 fully saturated rings. The number of benzene rings is 1. The topological polar surface area (TPSA) is 55.5 Å². The molecule has 0 heterocycles. The molecule has 66 valence electrons. The third-order valence-corrected chi connectivity index (χ3v) is 2.23. The van der Waals surface area contributed by atoms with Crippen molar-refractivity contribution in [1.29, 1.82) is 0 Å². The summed E-state index contributed by atoms with van der Waals surface area (Å²) in [5, 5.41) is 9.02. The van der Waals surface area contributed by atoms with Gasteiger partial charge in [-0.3, -0.25) is 0 Å². The zero-order valence-corrected chi connectivity index (χ0v) is 7.85. The molecule has 0 atom stereocenters. The Morgan fingerprint density at radius 2 is 2.25 bits per heavy atom. The molecular weight excluding hydrogens is 229 g/mol. The minimum Gasteiger partial charge on any atom is -0.503 e. The number of methoxy groups -OCH3 is 1. The molecule has 1 rings (SSSR count). The van der Waals surface area contributed by atoms with Crippen LogP contribution in [-0.2, 0) is 0 Å². The molecule has 0 aromatic heterocycles. The molecule has 0 aliphatic carbocycles. The molecule has 3 nitrogen and oxygen atoms in total. The number of phenols is 1. The summed E-state index contributed by atoms with van der Waals surface area (Å²) in [6.07, 6.45) is 0. The summed E-state index contributed by atoms with van der Waals surface area (Å²) in [5.41, 5.74) is 5.28. The highest BCUT2D eigenvalue weighted by Gasteiger charge is 2.13. The van der Waals surface area contributed by atoms with Gasteiger partial charge < -0.3 is 15.6 Å². The SMILES string of the molecule is COc1cc(F)c(O)c(N)c1Br. The van der Waals surface area contributed by atoms with Gasteiger partial charge in [-0.05, 0) is 15.9 Å². The van der Waals surface area contributed by atoms with Crippen LogP contribution in [0.3, 0.4) is 0 Å². The fourth-order valence-electron chi connectivity index (χ4n) is 0.761. The lowest BCUT2D eigenvalue weighted by Gasteiger charge is -2.07. The van der Waals surface area contributed by atoms with Gasteiger partial charge in [-0.2, -0.15) is 0 Å². The van der Waals surface area contributed by atoms with Gasteiger partial charge in [0.2, 0.25) is 0 Å². The average molecular weight is 236 g/mol. The Morgan fingerprint density at radius 3 is 2.75 bits per heavy atom. The summed E-state index contributed by atoms with van der Waals surface area (Å²) in [6, 6.07) is 1.05. The molecule has 0 aliphatic rings. The van der Waals surface area contributed by atoms with Crippen LogP contribution in [0.1, 0.15) is 0 Å². The maximum absolute atomic E-state index is 12.8. The molecule has 0 spiro atoms. The van der Waals surface area contributed by atoms with Crippen molar-refractivity contribution in [3.05, 3.63) is 16.4 Å². The van der Waals surface area contributed by atoms with Gasteiger partial charge in [-0.15, -0.1) is 0 Å². The first-order valence-electron chi connectivity index (χ1n) is 3.08. The van der Waals surface area contributed by atoms with Crippen LogP contribution < -0.4 is 10.5 Å². The molecule has 3 N–H and O–H groups in total. The van der Waals surface area contributed by atoms with Crippen LogP contribution in [0.25, 0.3) is 0 Å². The predicted octanol–water partition coefficient (Wildman–Crippen LogP) is 1.88. The zero-order chi connectivity index (χ0) is 9.30. The van der Waals surface area contributed by atoms with E-state index in [1.54, 1.807) is 0 Å². The van der Waals surface area contributed by atoms with E-state index in [9.17, 15) is 4.39 Å². The van der Waals surface area contributed by atoms with E-state index in [4.69, 9.17) is 15.6 Å². The smallest absolute Gasteiger partial charge is 0.176 e. The summed E-state index contributed by atoms with van der Waals surface area (Å²) in [7, 11) is 1.38. The molecule has 5 heteroatoms. The van der Waals surface area contributed by atoms with Gasteiger partial charge in [0, 0.05) is 6.07 Å². The van der Waals surface area contributed by atoms with Crippen molar-refractivity contribution < 1.29 is 14.2 Å². The van der Waals surface area contributed by atoms with Crippen LogP contribution in [0.4, 0.5) is 10.1 Å². The summed E-state index contributed by atoms with van der Waals surface area (Å²) in [4.78, 5) is 0. The van der Waals surface area contributed by atoms with Crippen LogP contribution in [-0.4, -0.2) is 12.2 Å². The third-order valence-electron chi connectivity index (χ3n) is 1.41. The number of halogens is 2. The van der Waals surface area contributed by atoms with Crippen LogP contribution in [0, 0.1) is 5.82 Å². The molecule has 0 bridgehead atoms. The largest absolute Gasteiger partial charge is 0.503 e. The lowest BCUT2D eigenvalue weighted by molar-refractivity contribution is 0.398. The normalized spacial score (nSPS) is 9.92. The maximum Gasteiger partial charge on any atom is 0.176 e. The monoisotopic (exact) mass is 235 g/mol. The fraction of sp³-hybridized carbons (Fsp3) is 0.143. The van der Waals surface area contributed by atoms with Gasteiger partial charge >= 0.3 is 0 Å². The van der Waals surface area contributed by atoms with E-state index in [1.165, 1.54) is 7.11 Å². The molecule has 0 amide bonds. The van der Waals surface area contributed by atoms with Crippen molar-refractivity contribution in [3.63, 3.8) is 0 Å². The van der Waals surface area contributed by atoms with E-state index in [1.807, 2.05) is 0 Å². The predicted molar refractivity (Wildman–Crippen MR) is 46.7 cm³/mol. The highest BCUT2D eigenvalue weighted by Crippen LogP contribution is 2.38. The molecule has 0 radical (unpaired) electrons. The highest BCUT2D eigenvalue weighted by atomic mass is 79.9. The molecule has 1 aromatic carbocycles. The number of rotatable bonds is 1. The number of phenolic OH excluding ortho intramolecular Hbond substituents is 1. The molecule has 0 unspecified atom stereocenters. The molecule has 0 saturated heterocycles. The van der Waals surface area contributed by atoms with E-state index < -0.39 is 11.6 Å². The van der Waals surface area contributed by atoms with E-state index in [2.05, 4.69) is 15.9 Å². The second kappa shape index (κ2) is 3.18. The summed E-state index contributed by atoms with van der Waals surface area (Å²) in [6.45, 7) is 0. The Balaban J connectivity index is 3.39. The van der Waals surface area contributed by atoms with Crippen LogP contribution in [0.5, 0.6) is 11.5 Å². The van der Waals surface area contributed by atoms with Crippen molar-refractivity contribution in [2.45, 2.75) is 0 Å². The highest BCUT2D eigenvalue weighted by molar-refractivity contribution is 9.10. The Bertz CT molecular complexity index is 317. The van der Waals surface area contributed by atoms with Crippen LogP contribution in [0.15, 0.2) is 10.5 Å². The zero-order valence-electron chi connectivity index (χ0n) is 6.27. The van der Waals surface area contributed by atoms with Gasteiger partial charge in [0.25, 0.3) is 0 Å². The first-order valence-corrected chi connectivity index (χ1v) is 3.87. The maximum atomic E-state index is 12.8. The van der Waals surface area contributed by atoms with Crippen molar-refractivity contribution in [2.75, 3.05) is 12.8 Å². The third kappa shape index (κ3) is 1.32. The average Bonchev–Trinajstić information content (AvgIpc) is 2.08. The van der Waals surface area contributed by atoms with Gasteiger partial charge in [0.1, 0.15) is 5.75 Å². The number of aromatic hydroxyl groups is 1. The molecular formula is C7H7BrFNO2. The van der Waals surface area contributed by atoms with Crippen molar-refractivity contribution in [1.82, 2.24) is 0 Å². The Labute approximate surface area is 77.1 Å². The lowest BCUT2D eigenvalue weighted by Crippen LogP contribution is -1.94. The van der Waals surface area contributed by atoms with Crippen molar-refractivity contribution in [3.8, 4) is 11.5 Å². The number of hydrogen-bond donors (Lipinski definition) is 2. The number of ether oxygens (including phenoxy) is 1. The van der Waals surface area contributed by atoms with E-state index in [0.717, 1.165) is 6.07 Å². The number of nitrogens with two attached hydrogens (primary N) is 1. The summed E-state index contributed by atoms with van der Waals surface area (Å²) < 4.78 is 17.9. The first-order chi connectivity index (χ1) is 5.57. The van der Waals surface area contributed by atoms with Gasteiger partial charge in [0.05, 0.1) is 17.3 Å². The van der Waals surface area contributed by atoms with E-state index in [0.29, 0.717) is 4.47 Å². The van der Waals surface area contributed by atoms with Crippen molar-refractivity contribution >= 4 is 21.6 Å². The van der Waals surface area contributed by atoms with Crippen molar-refractivity contribution in [2.24, 2.45) is 0 Å². The Morgan fingerprint density at radius 1 is 1.67 bits per heavy atom. The quantitative estimate of drug-likeness (QED) is 0.578. The van der Waals surface area contributed by atoms with Gasteiger partial charge in [-0.25, -0.2) is 4.39 Å². The number of hydrogen-bond acceptors (Lipinski definition) is 3. The first kappa shape index (κ1) is 9.12. The standard InChI is InChI=1S/C7H7BrFNO2/c1-12-4-2-3(9)7(11)6(10)5(4)8/h2,11H,10H2,1H3. The molecule has 1 aromatic rings. The molecule has 0 saturated carbocycles. The van der Waals surface area contributed by atoms with Gasteiger partial charge in [-0.1, -0.05) is 0 Å². The van der Waals surface area contributed by atoms with E-state index in [-0.39, 0.29) is 11.4 Å². The molecule has 12 heavy (non-hydrogen) atoms. The Kier molecular flexibility index (Phi) is 2.42. The summed E-state index contributed by atoms with van der Waals surface area (Å²) in [5.74, 6) is -1.11. The minimum atomic E-state index is -0.799. The number of anilines is 1. The Hall–Kier alpha value is -0.970. The summed E-state index contributed by atoms with van der Waals surface area (Å²) >= 11 is 3.05. The number of nitrogen functional groups attached to an aromatic ring is 1. The molecule has 0 aliphatic heterocycles. The van der Waals surface area contributed by atoms with Crippen LogP contribution >= 0.6 is 15.9 Å². The second-order valence-corrected chi connectivity index (χ2v) is 2.93. The minimum absolute atomic E-state index is 0.0631. The van der Waals surface area contributed by atoms with Gasteiger partial charge in [0.15, 0.2) is 11.6 Å². The fourth-order valence-corrected chi connectivity index (χ4v) is 1.22. The van der Waals surface area contributed by atoms with E-state index >= 15 is 0 Å². The second-order valence-electron chi connectivity index (χ2n) is 2.14. The lowest BCUT2D eigenvalue weighted by atomic mass is 10.2.